The van der Waals surface area contributed by atoms with Crippen LogP contribution in [0.2, 0.25) is 0 Å². The van der Waals surface area contributed by atoms with E-state index >= 15 is 0 Å². The second-order valence-corrected chi connectivity index (χ2v) is 14.3. The van der Waals surface area contributed by atoms with Crippen molar-refractivity contribution in [2.45, 2.75) is 89.4 Å². The fourth-order valence-corrected chi connectivity index (χ4v) is 7.29. The van der Waals surface area contributed by atoms with Crippen LogP contribution in [-0.4, -0.2) is 98.7 Å². The summed E-state index contributed by atoms with van der Waals surface area (Å²) in [5.74, 6) is 0.786. The first kappa shape index (κ1) is 36.5. The van der Waals surface area contributed by atoms with Crippen LogP contribution in [0.4, 0.5) is 9.59 Å². The van der Waals surface area contributed by atoms with Gasteiger partial charge in [-0.25, -0.2) is 9.59 Å². The maximum absolute atomic E-state index is 14.3. The second-order valence-electron chi connectivity index (χ2n) is 14.3. The first-order valence-corrected chi connectivity index (χ1v) is 17.7. The van der Waals surface area contributed by atoms with Gasteiger partial charge in [0.15, 0.2) is 0 Å². The van der Waals surface area contributed by atoms with Crippen LogP contribution in [0.5, 0.6) is 11.5 Å². The minimum atomic E-state index is -0.717. The number of piperidine rings is 1. The molecule has 3 aliphatic heterocycles. The molecule has 3 atom stereocenters. The van der Waals surface area contributed by atoms with Gasteiger partial charge in [0.25, 0.3) is 0 Å². The molecule has 0 aliphatic carbocycles. The number of methoxy groups -OCH3 is 1. The summed E-state index contributed by atoms with van der Waals surface area (Å²) in [6.45, 7) is 9.93. The fraction of sp³-hybridized carbons (Fsp3) is 0.605. The Morgan fingerprint density at radius 1 is 1.02 bits per heavy atom. The van der Waals surface area contributed by atoms with Crippen molar-refractivity contribution in [3.05, 3.63) is 59.7 Å². The Kier molecular flexibility index (Phi) is 12.1. The average Bonchev–Trinajstić information content (AvgIpc) is 3.61. The minimum absolute atomic E-state index is 0.104. The van der Waals surface area contributed by atoms with Gasteiger partial charge in [0.1, 0.15) is 23.7 Å². The van der Waals surface area contributed by atoms with Gasteiger partial charge in [0, 0.05) is 63.0 Å². The zero-order valence-electron chi connectivity index (χ0n) is 29.7. The summed E-state index contributed by atoms with van der Waals surface area (Å²) in [7, 11) is 1.70. The molecular weight excluding hydrogens is 626 g/mol. The summed E-state index contributed by atoms with van der Waals surface area (Å²) >= 11 is 0. The molecule has 3 heterocycles. The lowest BCUT2D eigenvalue weighted by molar-refractivity contribution is -0.127. The molecule has 0 aromatic heterocycles. The Balaban J connectivity index is 1.39. The molecule has 11 heteroatoms. The van der Waals surface area contributed by atoms with E-state index in [9.17, 15) is 14.4 Å². The summed E-state index contributed by atoms with van der Waals surface area (Å²) in [4.78, 5) is 44.2. The number of carbonyl (C=O) groups excluding carboxylic acids is 3. The number of hydrogen-bond acceptors (Lipinski definition) is 8. The predicted molar refractivity (Wildman–Crippen MR) is 185 cm³/mol. The summed E-state index contributed by atoms with van der Waals surface area (Å²) in [5, 5.41) is 3.31. The molecular formula is C38H53N3O8. The fourth-order valence-electron chi connectivity index (χ4n) is 7.29. The number of benzene rings is 2. The number of likely N-dealkylation sites (N-methyl/N-ethyl adjacent to an activating group) is 1. The monoisotopic (exact) mass is 679 g/mol. The number of rotatable bonds is 12. The van der Waals surface area contributed by atoms with E-state index in [1.807, 2.05) is 64.1 Å². The van der Waals surface area contributed by atoms with E-state index in [-0.39, 0.29) is 31.7 Å². The standard InChI is InChI=1S/C38H53N3O8/c1-6-41(36(44)47-25-29-14-13-21-46-29)28-22-27(23-40(24-28)35(43)49-37(2,3)4)34(42)39-26-38(19-11-12-20-45-5)30-15-7-9-17-32(30)48-33-18-10-8-16-31(33)38/h7-10,15-18,27-29H,6,11-14,19-26H2,1-5H3,(H,39,42)/t27-,28+,29+/m0/s1. The third kappa shape index (κ3) is 8.86. The van der Waals surface area contributed by atoms with Gasteiger partial charge in [-0.05, 0) is 78.4 Å². The normalized spacial score (nSPS) is 21.2. The molecule has 2 fully saturated rings. The van der Waals surface area contributed by atoms with Gasteiger partial charge >= 0.3 is 12.2 Å². The number of unbranched alkanes of at least 4 members (excludes halogenated alkanes) is 1. The number of amides is 3. The first-order chi connectivity index (χ1) is 23.5. The predicted octanol–water partition coefficient (Wildman–Crippen LogP) is 6.27. The third-order valence-electron chi connectivity index (χ3n) is 9.68. The lowest BCUT2D eigenvalue weighted by atomic mass is 9.69. The molecule has 3 amide bonds. The number of carbonyl (C=O) groups is 3. The van der Waals surface area contributed by atoms with Crippen LogP contribution in [0.15, 0.2) is 48.5 Å². The number of hydrogen-bond donors (Lipinski definition) is 1. The molecule has 0 unspecified atom stereocenters. The van der Waals surface area contributed by atoms with Crippen LogP contribution in [0.25, 0.3) is 0 Å². The highest BCUT2D eigenvalue weighted by Gasteiger charge is 2.44. The Hall–Kier alpha value is -3.83. The van der Waals surface area contributed by atoms with Crippen molar-refractivity contribution in [3.63, 3.8) is 0 Å². The topological polar surface area (TPSA) is 116 Å². The van der Waals surface area contributed by atoms with E-state index in [1.165, 1.54) is 0 Å². The molecule has 0 spiro atoms. The highest BCUT2D eigenvalue weighted by Crippen LogP contribution is 2.50. The van der Waals surface area contributed by atoms with E-state index in [1.54, 1.807) is 16.9 Å². The Morgan fingerprint density at radius 3 is 2.33 bits per heavy atom. The third-order valence-corrected chi connectivity index (χ3v) is 9.68. The van der Waals surface area contributed by atoms with Crippen molar-refractivity contribution >= 4 is 18.1 Å². The Labute approximate surface area is 290 Å². The van der Waals surface area contributed by atoms with Crippen LogP contribution in [0.1, 0.15) is 77.3 Å². The quantitative estimate of drug-likeness (QED) is 0.261. The largest absolute Gasteiger partial charge is 0.457 e. The first-order valence-electron chi connectivity index (χ1n) is 17.7. The number of para-hydroxylation sites is 2. The van der Waals surface area contributed by atoms with Crippen LogP contribution in [-0.2, 0) is 29.2 Å². The van der Waals surface area contributed by atoms with Gasteiger partial charge in [0.05, 0.1) is 18.1 Å². The van der Waals surface area contributed by atoms with Crippen LogP contribution >= 0.6 is 0 Å². The Morgan fingerprint density at radius 2 is 1.71 bits per heavy atom. The summed E-state index contributed by atoms with van der Waals surface area (Å²) < 4.78 is 28.7. The molecule has 49 heavy (non-hydrogen) atoms. The van der Waals surface area contributed by atoms with Crippen LogP contribution in [0, 0.1) is 5.92 Å². The molecule has 1 N–H and O–H groups in total. The van der Waals surface area contributed by atoms with E-state index < -0.39 is 35.2 Å². The number of ether oxygens (including phenoxy) is 5. The van der Waals surface area contributed by atoms with Gasteiger partial charge in [-0.3, -0.25) is 4.79 Å². The van der Waals surface area contributed by atoms with Crippen molar-refractivity contribution in [1.82, 2.24) is 15.1 Å². The summed E-state index contributed by atoms with van der Waals surface area (Å²) in [6, 6.07) is 15.6. The molecule has 268 valence electrons. The van der Waals surface area contributed by atoms with Crippen molar-refractivity contribution in [2.75, 3.05) is 53.1 Å². The molecule has 2 aromatic carbocycles. The van der Waals surface area contributed by atoms with Gasteiger partial charge in [-0.2, -0.15) is 0 Å². The van der Waals surface area contributed by atoms with E-state index in [4.69, 9.17) is 23.7 Å². The molecule has 0 saturated carbocycles. The van der Waals surface area contributed by atoms with Crippen molar-refractivity contribution in [3.8, 4) is 11.5 Å². The van der Waals surface area contributed by atoms with Gasteiger partial charge in [-0.1, -0.05) is 36.4 Å². The van der Waals surface area contributed by atoms with E-state index in [0.717, 1.165) is 54.7 Å². The van der Waals surface area contributed by atoms with Crippen LogP contribution < -0.4 is 10.1 Å². The number of nitrogens with zero attached hydrogens (tertiary/aromatic N) is 2. The van der Waals surface area contributed by atoms with Crippen molar-refractivity contribution in [2.24, 2.45) is 5.92 Å². The second kappa shape index (κ2) is 16.3. The van der Waals surface area contributed by atoms with Gasteiger partial charge < -0.3 is 38.8 Å². The van der Waals surface area contributed by atoms with Crippen molar-refractivity contribution in [1.29, 1.82) is 0 Å². The van der Waals surface area contributed by atoms with Crippen LogP contribution in [0.3, 0.4) is 0 Å². The highest BCUT2D eigenvalue weighted by molar-refractivity contribution is 5.81. The zero-order chi connectivity index (χ0) is 35.0. The lowest BCUT2D eigenvalue weighted by Gasteiger charge is -2.43. The van der Waals surface area contributed by atoms with E-state index in [2.05, 4.69) is 17.4 Å². The van der Waals surface area contributed by atoms with Crippen molar-refractivity contribution < 1.29 is 38.1 Å². The molecule has 3 aliphatic rings. The summed E-state index contributed by atoms with van der Waals surface area (Å²) in [6.07, 6.45) is 3.62. The minimum Gasteiger partial charge on any atom is -0.457 e. The molecule has 0 radical (unpaired) electrons. The summed E-state index contributed by atoms with van der Waals surface area (Å²) in [5.41, 5.74) is 0.782. The SMILES string of the molecule is CCN(C(=O)OC[C@H]1CCCO1)[C@@H]1C[C@H](C(=O)NCC2(CCCCOC)c3ccccc3Oc3ccccc32)CN(C(=O)OC(C)(C)C)C1. The molecule has 0 bridgehead atoms. The van der Waals surface area contributed by atoms with Gasteiger partial charge in [-0.15, -0.1) is 0 Å². The molecule has 5 rings (SSSR count). The smallest absolute Gasteiger partial charge is 0.410 e. The maximum Gasteiger partial charge on any atom is 0.410 e. The highest BCUT2D eigenvalue weighted by atomic mass is 16.6. The van der Waals surface area contributed by atoms with E-state index in [0.29, 0.717) is 32.7 Å². The molecule has 11 nitrogen and oxygen atoms in total. The number of fused-ring (bicyclic) bond motifs is 2. The zero-order valence-corrected chi connectivity index (χ0v) is 29.7. The molecule has 2 saturated heterocycles. The van der Waals surface area contributed by atoms with Gasteiger partial charge in [0.2, 0.25) is 5.91 Å². The number of nitrogens with one attached hydrogen (secondary N) is 1. The molecule has 2 aromatic rings. The maximum atomic E-state index is 14.3. The average molecular weight is 680 g/mol. The lowest BCUT2D eigenvalue weighted by Crippen LogP contribution is -2.58. The Bertz CT molecular complexity index is 1390. The number of likely N-dealkylation sites (tertiary alicyclic amines) is 1.